The van der Waals surface area contributed by atoms with E-state index in [9.17, 15) is 4.79 Å². The van der Waals surface area contributed by atoms with Crippen molar-refractivity contribution in [1.82, 2.24) is 10.2 Å². The molecule has 0 aliphatic heterocycles. The van der Waals surface area contributed by atoms with Gasteiger partial charge < -0.3 is 4.74 Å². The Morgan fingerprint density at radius 3 is 2.65 bits per heavy atom. The van der Waals surface area contributed by atoms with Crippen molar-refractivity contribution in [3.05, 3.63) is 59.7 Å². The molecule has 3 rings (SSSR count). The Kier molecular flexibility index (Phi) is 5.63. The second kappa shape index (κ2) is 8.10. The molecule has 5 nitrogen and oxygen atoms in total. The molecule has 0 fully saturated rings. The number of amides is 1. The molecule has 1 heterocycles. The number of para-hydroxylation sites is 1. The van der Waals surface area contributed by atoms with E-state index in [1.165, 1.54) is 11.3 Å². The van der Waals surface area contributed by atoms with Gasteiger partial charge in [0.25, 0.3) is 5.91 Å². The van der Waals surface area contributed by atoms with Crippen LogP contribution in [-0.2, 0) is 0 Å². The lowest BCUT2D eigenvalue weighted by molar-refractivity contribution is 0.0984. The van der Waals surface area contributed by atoms with E-state index in [1.54, 1.807) is 11.0 Å². The van der Waals surface area contributed by atoms with Gasteiger partial charge in [-0.3, -0.25) is 9.69 Å². The monoisotopic (exact) mass is 367 g/mol. The molecule has 0 N–H and O–H groups in total. The summed E-state index contributed by atoms with van der Waals surface area (Å²) < 4.78 is 5.60. The zero-order chi connectivity index (χ0) is 18.5. The standard InChI is InChI=1S/C20H21N3O2S/c1-4-23(19(24)16-11-6-7-12-17(16)25-5-2)20-22-21-18(26-20)15-10-8-9-14(3)13-15/h6-13H,4-5H2,1-3H3. The van der Waals surface area contributed by atoms with Crippen LogP contribution < -0.4 is 9.64 Å². The minimum absolute atomic E-state index is 0.136. The van der Waals surface area contributed by atoms with Crippen LogP contribution in [0, 0.1) is 6.92 Å². The molecule has 26 heavy (non-hydrogen) atoms. The number of hydrogen-bond donors (Lipinski definition) is 0. The average Bonchev–Trinajstić information content (AvgIpc) is 3.13. The predicted octanol–water partition coefficient (Wildman–Crippen LogP) is 4.58. The molecular weight excluding hydrogens is 346 g/mol. The Balaban J connectivity index is 1.91. The Morgan fingerprint density at radius 1 is 1.12 bits per heavy atom. The van der Waals surface area contributed by atoms with Gasteiger partial charge in [0, 0.05) is 12.1 Å². The SMILES string of the molecule is CCOc1ccccc1C(=O)N(CC)c1nnc(-c2cccc(C)c2)s1. The van der Waals surface area contributed by atoms with Gasteiger partial charge in [-0.25, -0.2) is 0 Å². The van der Waals surface area contributed by atoms with E-state index < -0.39 is 0 Å². The van der Waals surface area contributed by atoms with Gasteiger partial charge in [0.05, 0.1) is 12.2 Å². The van der Waals surface area contributed by atoms with E-state index in [4.69, 9.17) is 4.74 Å². The van der Waals surface area contributed by atoms with Crippen LogP contribution in [-0.4, -0.2) is 29.3 Å². The molecule has 3 aromatic rings. The van der Waals surface area contributed by atoms with Gasteiger partial charge in [0.15, 0.2) is 0 Å². The number of aryl methyl sites for hydroxylation is 1. The van der Waals surface area contributed by atoms with Crippen molar-refractivity contribution in [2.45, 2.75) is 20.8 Å². The Bertz CT molecular complexity index is 907. The van der Waals surface area contributed by atoms with E-state index in [0.29, 0.717) is 29.6 Å². The Labute approximate surface area is 157 Å². The van der Waals surface area contributed by atoms with Crippen molar-refractivity contribution in [3.63, 3.8) is 0 Å². The number of carbonyl (C=O) groups is 1. The largest absolute Gasteiger partial charge is 0.493 e. The van der Waals surface area contributed by atoms with Crippen LogP contribution >= 0.6 is 11.3 Å². The summed E-state index contributed by atoms with van der Waals surface area (Å²) in [6, 6.07) is 15.4. The van der Waals surface area contributed by atoms with Crippen molar-refractivity contribution >= 4 is 22.4 Å². The number of benzene rings is 2. The van der Waals surface area contributed by atoms with Crippen molar-refractivity contribution in [3.8, 4) is 16.3 Å². The zero-order valence-electron chi connectivity index (χ0n) is 15.1. The normalized spacial score (nSPS) is 10.6. The van der Waals surface area contributed by atoms with Crippen LogP contribution in [0.2, 0.25) is 0 Å². The molecular formula is C20H21N3O2S. The third kappa shape index (κ3) is 3.75. The van der Waals surface area contributed by atoms with Crippen molar-refractivity contribution in [2.75, 3.05) is 18.1 Å². The lowest BCUT2D eigenvalue weighted by Crippen LogP contribution is -2.31. The molecule has 1 aromatic heterocycles. The first-order valence-corrected chi connectivity index (χ1v) is 9.40. The number of aromatic nitrogens is 2. The molecule has 0 atom stereocenters. The summed E-state index contributed by atoms with van der Waals surface area (Å²) in [5.41, 5.74) is 2.70. The topological polar surface area (TPSA) is 55.3 Å². The second-order valence-electron chi connectivity index (χ2n) is 5.74. The molecule has 0 unspecified atom stereocenters. The summed E-state index contributed by atoms with van der Waals surface area (Å²) >= 11 is 1.41. The first kappa shape index (κ1) is 18.1. The Hall–Kier alpha value is -2.73. The molecule has 0 saturated carbocycles. The summed E-state index contributed by atoms with van der Waals surface area (Å²) in [5, 5.41) is 9.91. The van der Waals surface area contributed by atoms with E-state index >= 15 is 0 Å². The molecule has 6 heteroatoms. The highest BCUT2D eigenvalue weighted by atomic mass is 32.1. The molecule has 0 spiro atoms. The number of rotatable bonds is 6. The van der Waals surface area contributed by atoms with Gasteiger partial charge in [0.2, 0.25) is 5.13 Å². The van der Waals surface area contributed by atoms with Gasteiger partial charge >= 0.3 is 0 Å². The van der Waals surface area contributed by atoms with Crippen LogP contribution in [0.15, 0.2) is 48.5 Å². The maximum absolute atomic E-state index is 13.1. The summed E-state index contributed by atoms with van der Waals surface area (Å²) in [5.74, 6) is 0.449. The lowest BCUT2D eigenvalue weighted by atomic mass is 10.1. The molecule has 0 radical (unpaired) electrons. The first-order chi connectivity index (χ1) is 12.6. The molecule has 0 saturated heterocycles. The van der Waals surface area contributed by atoms with Crippen LogP contribution in [0.25, 0.3) is 10.6 Å². The van der Waals surface area contributed by atoms with Crippen molar-refractivity contribution in [1.29, 1.82) is 0 Å². The fraction of sp³-hybridized carbons (Fsp3) is 0.250. The first-order valence-electron chi connectivity index (χ1n) is 8.58. The second-order valence-corrected chi connectivity index (χ2v) is 6.69. The molecule has 0 bridgehead atoms. The zero-order valence-corrected chi connectivity index (χ0v) is 15.9. The fourth-order valence-electron chi connectivity index (χ4n) is 2.66. The highest BCUT2D eigenvalue weighted by Crippen LogP contribution is 2.31. The molecule has 134 valence electrons. The summed E-state index contributed by atoms with van der Waals surface area (Å²) in [7, 11) is 0. The van der Waals surface area contributed by atoms with Crippen LogP contribution in [0.4, 0.5) is 5.13 Å². The molecule has 2 aromatic carbocycles. The smallest absolute Gasteiger partial charge is 0.263 e. The van der Waals surface area contributed by atoms with Crippen LogP contribution in [0.5, 0.6) is 5.75 Å². The maximum atomic E-state index is 13.1. The van der Waals surface area contributed by atoms with Crippen molar-refractivity contribution < 1.29 is 9.53 Å². The van der Waals surface area contributed by atoms with Gasteiger partial charge in [-0.15, -0.1) is 10.2 Å². The van der Waals surface area contributed by atoms with Gasteiger partial charge in [-0.2, -0.15) is 0 Å². The van der Waals surface area contributed by atoms with E-state index in [1.807, 2.05) is 57.2 Å². The average molecular weight is 367 g/mol. The van der Waals surface area contributed by atoms with Crippen molar-refractivity contribution in [2.24, 2.45) is 0 Å². The number of anilines is 1. The van der Waals surface area contributed by atoms with Gasteiger partial charge in [-0.1, -0.05) is 47.2 Å². The Morgan fingerprint density at radius 2 is 1.92 bits per heavy atom. The van der Waals surface area contributed by atoms with Crippen LogP contribution in [0.3, 0.4) is 0 Å². The number of nitrogens with zero attached hydrogens (tertiary/aromatic N) is 3. The van der Waals surface area contributed by atoms with Crippen LogP contribution in [0.1, 0.15) is 29.8 Å². The van der Waals surface area contributed by atoms with E-state index in [-0.39, 0.29) is 5.91 Å². The maximum Gasteiger partial charge on any atom is 0.263 e. The summed E-state index contributed by atoms with van der Waals surface area (Å²) in [4.78, 5) is 14.7. The highest BCUT2D eigenvalue weighted by Gasteiger charge is 2.23. The van der Waals surface area contributed by atoms with E-state index in [0.717, 1.165) is 16.1 Å². The number of hydrogen-bond acceptors (Lipinski definition) is 5. The summed E-state index contributed by atoms with van der Waals surface area (Å²) in [6.45, 7) is 6.87. The van der Waals surface area contributed by atoms with Gasteiger partial charge in [-0.05, 0) is 39.0 Å². The minimum atomic E-state index is -0.136. The quantitative estimate of drug-likeness (QED) is 0.640. The predicted molar refractivity (Wildman–Crippen MR) is 105 cm³/mol. The minimum Gasteiger partial charge on any atom is -0.493 e. The number of ether oxygens (including phenoxy) is 1. The molecule has 0 aliphatic rings. The molecule has 0 aliphatic carbocycles. The number of carbonyl (C=O) groups excluding carboxylic acids is 1. The third-order valence-corrected chi connectivity index (χ3v) is 4.88. The summed E-state index contributed by atoms with van der Waals surface area (Å²) in [6.07, 6.45) is 0. The van der Waals surface area contributed by atoms with Gasteiger partial charge in [0.1, 0.15) is 10.8 Å². The highest BCUT2D eigenvalue weighted by molar-refractivity contribution is 7.18. The molecule has 1 amide bonds. The lowest BCUT2D eigenvalue weighted by Gasteiger charge is -2.18. The van der Waals surface area contributed by atoms with E-state index in [2.05, 4.69) is 16.3 Å². The fourth-order valence-corrected chi connectivity index (χ4v) is 3.56. The third-order valence-electron chi connectivity index (χ3n) is 3.89.